The van der Waals surface area contributed by atoms with E-state index in [1.165, 1.54) is 5.56 Å². The summed E-state index contributed by atoms with van der Waals surface area (Å²) < 4.78 is 10.5. The first-order chi connectivity index (χ1) is 9.15. The summed E-state index contributed by atoms with van der Waals surface area (Å²) in [6.45, 7) is 6.69. The van der Waals surface area contributed by atoms with Gasteiger partial charge in [-0.1, -0.05) is 26.0 Å². The fourth-order valence-corrected chi connectivity index (χ4v) is 1.94. The van der Waals surface area contributed by atoms with Gasteiger partial charge in [0.05, 0.1) is 6.61 Å². The predicted molar refractivity (Wildman–Crippen MR) is 73.0 cm³/mol. The molecule has 1 heterocycles. The van der Waals surface area contributed by atoms with Crippen molar-refractivity contribution in [3.8, 4) is 5.75 Å². The fourth-order valence-electron chi connectivity index (χ4n) is 1.94. The molecular formula is C15H21NO3. The van der Waals surface area contributed by atoms with E-state index in [2.05, 4.69) is 19.2 Å². The van der Waals surface area contributed by atoms with Crippen LogP contribution in [0.2, 0.25) is 0 Å². The average Bonchev–Trinajstić information content (AvgIpc) is 2.77. The van der Waals surface area contributed by atoms with Gasteiger partial charge in [-0.2, -0.15) is 0 Å². The van der Waals surface area contributed by atoms with E-state index in [9.17, 15) is 4.79 Å². The van der Waals surface area contributed by atoms with Crippen LogP contribution < -0.4 is 10.1 Å². The zero-order valence-corrected chi connectivity index (χ0v) is 11.5. The lowest BCUT2D eigenvalue weighted by molar-refractivity contribution is -0.143. The summed E-state index contributed by atoms with van der Waals surface area (Å²) in [5.74, 6) is 1.11. The van der Waals surface area contributed by atoms with Gasteiger partial charge in [0.15, 0.2) is 6.10 Å². The van der Waals surface area contributed by atoms with Gasteiger partial charge in [0.2, 0.25) is 0 Å². The Balaban J connectivity index is 1.82. The van der Waals surface area contributed by atoms with Gasteiger partial charge in [-0.05, 0) is 30.2 Å². The zero-order chi connectivity index (χ0) is 13.7. The van der Waals surface area contributed by atoms with Crippen molar-refractivity contribution >= 4 is 5.97 Å². The average molecular weight is 263 g/mol. The Hall–Kier alpha value is -1.55. The lowest BCUT2D eigenvalue weighted by atomic mass is 10.2. The van der Waals surface area contributed by atoms with Crippen LogP contribution >= 0.6 is 0 Å². The number of cyclic esters (lactones) is 1. The summed E-state index contributed by atoms with van der Waals surface area (Å²) in [5.41, 5.74) is 1.21. The van der Waals surface area contributed by atoms with Crippen molar-refractivity contribution in [2.24, 2.45) is 5.92 Å². The standard InChI is InChI=1S/C15H21NO3/c1-11(2)9-16-10-12-3-5-13(6-4-12)19-14-7-8-18-15(14)17/h3-6,11,14,16H,7-10H2,1-2H3. The number of carbonyl (C=O) groups excluding carboxylic acids is 1. The molecule has 1 atom stereocenters. The van der Waals surface area contributed by atoms with Crippen LogP contribution in [0.1, 0.15) is 25.8 Å². The number of rotatable bonds is 6. The lowest BCUT2D eigenvalue weighted by Gasteiger charge is -2.11. The molecular weight excluding hydrogens is 242 g/mol. The minimum Gasteiger partial charge on any atom is -0.479 e. The minimum absolute atomic E-state index is 0.261. The Kier molecular flexibility index (Phi) is 4.80. The topological polar surface area (TPSA) is 47.6 Å². The Morgan fingerprint density at radius 3 is 2.68 bits per heavy atom. The number of hydrogen-bond acceptors (Lipinski definition) is 4. The van der Waals surface area contributed by atoms with Crippen molar-refractivity contribution in [3.63, 3.8) is 0 Å². The maximum absolute atomic E-state index is 11.3. The van der Waals surface area contributed by atoms with Crippen LogP contribution in [0, 0.1) is 5.92 Å². The Labute approximate surface area is 114 Å². The third-order valence-corrected chi connectivity index (χ3v) is 2.97. The van der Waals surface area contributed by atoms with Gasteiger partial charge in [0.1, 0.15) is 5.75 Å². The molecule has 0 spiro atoms. The number of nitrogens with one attached hydrogen (secondary N) is 1. The van der Waals surface area contributed by atoms with E-state index in [4.69, 9.17) is 9.47 Å². The molecule has 0 bridgehead atoms. The molecule has 1 aromatic rings. The lowest BCUT2D eigenvalue weighted by Crippen LogP contribution is -2.21. The van der Waals surface area contributed by atoms with Gasteiger partial charge < -0.3 is 14.8 Å². The molecule has 1 aliphatic heterocycles. The van der Waals surface area contributed by atoms with Crippen LogP contribution in [0.25, 0.3) is 0 Å². The SMILES string of the molecule is CC(C)CNCc1ccc(OC2CCOC2=O)cc1. The number of ether oxygens (including phenoxy) is 2. The van der Waals surface area contributed by atoms with Crippen molar-refractivity contribution in [1.82, 2.24) is 5.32 Å². The van der Waals surface area contributed by atoms with E-state index in [0.717, 1.165) is 18.8 Å². The highest BCUT2D eigenvalue weighted by Gasteiger charge is 2.28. The quantitative estimate of drug-likeness (QED) is 0.799. The first kappa shape index (κ1) is 13.9. The van der Waals surface area contributed by atoms with Crippen LogP contribution in [-0.4, -0.2) is 25.2 Å². The second kappa shape index (κ2) is 6.57. The molecule has 0 saturated carbocycles. The van der Waals surface area contributed by atoms with Crippen LogP contribution in [0.3, 0.4) is 0 Å². The minimum atomic E-state index is -0.440. The molecule has 0 amide bonds. The van der Waals surface area contributed by atoms with Gasteiger partial charge in [0.25, 0.3) is 0 Å². The third-order valence-electron chi connectivity index (χ3n) is 2.97. The van der Waals surface area contributed by atoms with Gasteiger partial charge in [-0.25, -0.2) is 4.79 Å². The molecule has 1 N–H and O–H groups in total. The molecule has 2 rings (SSSR count). The van der Waals surface area contributed by atoms with E-state index in [-0.39, 0.29) is 5.97 Å². The molecule has 1 aliphatic rings. The number of esters is 1. The van der Waals surface area contributed by atoms with Gasteiger partial charge in [-0.15, -0.1) is 0 Å². The van der Waals surface area contributed by atoms with Crippen molar-refractivity contribution in [3.05, 3.63) is 29.8 Å². The highest BCUT2D eigenvalue weighted by molar-refractivity contribution is 5.76. The molecule has 4 nitrogen and oxygen atoms in total. The molecule has 0 aliphatic carbocycles. The van der Waals surface area contributed by atoms with Crippen LogP contribution in [0.5, 0.6) is 5.75 Å². The van der Waals surface area contributed by atoms with Crippen molar-refractivity contribution in [1.29, 1.82) is 0 Å². The summed E-state index contributed by atoms with van der Waals surface area (Å²) in [5, 5.41) is 3.39. The number of benzene rings is 1. The van der Waals surface area contributed by atoms with Gasteiger partial charge in [0, 0.05) is 13.0 Å². The molecule has 1 unspecified atom stereocenters. The molecule has 104 valence electrons. The molecule has 1 aromatic carbocycles. The monoisotopic (exact) mass is 263 g/mol. The fraction of sp³-hybridized carbons (Fsp3) is 0.533. The van der Waals surface area contributed by atoms with Crippen LogP contribution in [0.15, 0.2) is 24.3 Å². The van der Waals surface area contributed by atoms with E-state index < -0.39 is 6.10 Å². The number of hydrogen-bond donors (Lipinski definition) is 1. The second-order valence-electron chi connectivity index (χ2n) is 5.23. The summed E-state index contributed by atoms with van der Waals surface area (Å²) in [6, 6.07) is 7.84. The third kappa shape index (κ3) is 4.24. The summed E-state index contributed by atoms with van der Waals surface area (Å²) in [4.78, 5) is 11.3. The maximum atomic E-state index is 11.3. The first-order valence-electron chi connectivity index (χ1n) is 6.78. The van der Waals surface area contributed by atoms with Crippen molar-refractivity contribution in [2.75, 3.05) is 13.2 Å². The van der Waals surface area contributed by atoms with Crippen LogP contribution in [-0.2, 0) is 16.1 Å². The first-order valence-corrected chi connectivity index (χ1v) is 6.78. The molecule has 19 heavy (non-hydrogen) atoms. The summed E-state index contributed by atoms with van der Waals surface area (Å²) in [6.07, 6.45) is 0.196. The van der Waals surface area contributed by atoms with Crippen LogP contribution in [0.4, 0.5) is 0 Å². The van der Waals surface area contributed by atoms with Crippen molar-refractivity contribution in [2.45, 2.75) is 32.9 Å². The van der Waals surface area contributed by atoms with E-state index in [1.807, 2.05) is 24.3 Å². The summed E-state index contributed by atoms with van der Waals surface area (Å²) in [7, 11) is 0. The highest BCUT2D eigenvalue weighted by atomic mass is 16.6. The Bertz CT molecular complexity index is 414. The molecule has 1 fully saturated rings. The maximum Gasteiger partial charge on any atom is 0.347 e. The normalized spacial score (nSPS) is 18.7. The Morgan fingerprint density at radius 2 is 2.11 bits per heavy atom. The summed E-state index contributed by atoms with van der Waals surface area (Å²) >= 11 is 0. The Morgan fingerprint density at radius 1 is 1.37 bits per heavy atom. The molecule has 4 heteroatoms. The number of carbonyl (C=O) groups is 1. The largest absolute Gasteiger partial charge is 0.479 e. The van der Waals surface area contributed by atoms with Gasteiger partial charge >= 0.3 is 5.97 Å². The molecule has 1 saturated heterocycles. The van der Waals surface area contributed by atoms with E-state index >= 15 is 0 Å². The zero-order valence-electron chi connectivity index (χ0n) is 11.5. The molecule has 0 radical (unpaired) electrons. The van der Waals surface area contributed by atoms with Gasteiger partial charge in [-0.3, -0.25) is 0 Å². The molecule has 0 aromatic heterocycles. The van der Waals surface area contributed by atoms with Crippen molar-refractivity contribution < 1.29 is 14.3 Å². The second-order valence-corrected chi connectivity index (χ2v) is 5.23. The predicted octanol–water partition coefficient (Wildman–Crippen LogP) is 2.13. The van der Waals surface area contributed by atoms with E-state index in [0.29, 0.717) is 18.9 Å². The van der Waals surface area contributed by atoms with E-state index in [1.54, 1.807) is 0 Å². The highest BCUT2D eigenvalue weighted by Crippen LogP contribution is 2.18. The smallest absolute Gasteiger partial charge is 0.347 e.